The fourth-order valence-electron chi connectivity index (χ4n) is 2.59. The van der Waals surface area contributed by atoms with E-state index in [1.54, 1.807) is 19.1 Å². The molecule has 1 N–H and O–H groups in total. The Morgan fingerprint density at radius 2 is 1.73 bits per heavy atom. The number of nitrogens with one attached hydrogen (secondary N) is 1. The summed E-state index contributed by atoms with van der Waals surface area (Å²) in [5.41, 5.74) is 1.51. The number of para-hydroxylation sites is 1. The highest BCUT2D eigenvalue weighted by Crippen LogP contribution is 2.22. The van der Waals surface area contributed by atoms with Crippen LogP contribution in [0.25, 0.3) is 0 Å². The van der Waals surface area contributed by atoms with Gasteiger partial charge >= 0.3 is 5.97 Å². The highest BCUT2D eigenvalue weighted by Gasteiger charge is 2.21. The predicted molar refractivity (Wildman–Crippen MR) is 111 cm³/mol. The number of benzene rings is 2. The van der Waals surface area contributed by atoms with E-state index in [1.165, 1.54) is 24.3 Å². The Morgan fingerprint density at radius 1 is 1.07 bits per heavy atom. The third kappa shape index (κ3) is 4.85. The molecular weight excluding hydrogens is 406 g/mol. The Balaban J connectivity index is 1.69. The number of hydrogen-bond donors (Lipinski definition) is 1. The van der Waals surface area contributed by atoms with Crippen molar-refractivity contribution in [3.8, 4) is 0 Å². The smallest absolute Gasteiger partial charge is 0.338 e. The lowest BCUT2D eigenvalue weighted by Crippen LogP contribution is -2.14. The molecule has 3 aromatic rings. The van der Waals surface area contributed by atoms with Crippen molar-refractivity contribution >= 4 is 21.7 Å². The molecule has 0 saturated carbocycles. The van der Waals surface area contributed by atoms with E-state index in [2.05, 4.69) is 14.9 Å². The second kappa shape index (κ2) is 8.66. The first-order valence-electron chi connectivity index (χ1n) is 9.40. The van der Waals surface area contributed by atoms with Crippen LogP contribution in [0.4, 0.5) is 5.69 Å². The summed E-state index contributed by atoms with van der Waals surface area (Å²) < 4.78 is 38.2. The van der Waals surface area contributed by atoms with Crippen LogP contribution in [0.3, 0.4) is 0 Å². The highest BCUT2D eigenvalue weighted by atomic mass is 32.2. The van der Waals surface area contributed by atoms with E-state index in [9.17, 15) is 13.2 Å². The van der Waals surface area contributed by atoms with Crippen LogP contribution in [-0.2, 0) is 14.8 Å². The Hall–Kier alpha value is -3.20. The van der Waals surface area contributed by atoms with Crippen LogP contribution < -0.4 is 4.72 Å². The average Bonchev–Trinajstić information content (AvgIpc) is 3.20. The second-order valence-electron chi connectivity index (χ2n) is 7.14. The molecule has 0 aliphatic heterocycles. The SMILES string of the molecule is Cc1ccccc1NS(=O)(=O)c1ccc(C(=O)OC(C)c2nc(C(C)C)no2)cc1. The summed E-state index contributed by atoms with van der Waals surface area (Å²) >= 11 is 0. The van der Waals surface area contributed by atoms with Crippen LogP contribution >= 0.6 is 0 Å². The third-order valence-electron chi connectivity index (χ3n) is 4.40. The molecule has 30 heavy (non-hydrogen) atoms. The van der Waals surface area contributed by atoms with Gasteiger partial charge in [-0.15, -0.1) is 0 Å². The van der Waals surface area contributed by atoms with Gasteiger partial charge in [-0.1, -0.05) is 37.2 Å². The molecule has 0 amide bonds. The van der Waals surface area contributed by atoms with Gasteiger partial charge in [0, 0.05) is 5.92 Å². The quantitative estimate of drug-likeness (QED) is 0.560. The van der Waals surface area contributed by atoms with Gasteiger partial charge in [-0.3, -0.25) is 4.72 Å². The Kier molecular flexibility index (Phi) is 6.21. The lowest BCUT2D eigenvalue weighted by atomic mass is 10.2. The van der Waals surface area contributed by atoms with E-state index in [1.807, 2.05) is 32.9 Å². The maximum absolute atomic E-state index is 12.6. The van der Waals surface area contributed by atoms with Gasteiger partial charge in [0.25, 0.3) is 15.9 Å². The summed E-state index contributed by atoms with van der Waals surface area (Å²) in [4.78, 5) is 16.6. The van der Waals surface area contributed by atoms with Crippen molar-refractivity contribution in [2.24, 2.45) is 0 Å². The van der Waals surface area contributed by atoms with Crippen LogP contribution in [0.2, 0.25) is 0 Å². The van der Waals surface area contributed by atoms with Crippen molar-refractivity contribution in [2.45, 2.75) is 44.6 Å². The van der Waals surface area contributed by atoms with E-state index in [0.29, 0.717) is 11.5 Å². The van der Waals surface area contributed by atoms with Crippen LogP contribution in [-0.4, -0.2) is 24.5 Å². The van der Waals surface area contributed by atoms with Gasteiger partial charge in [0.05, 0.1) is 16.1 Å². The molecule has 0 aliphatic carbocycles. The van der Waals surface area contributed by atoms with Crippen LogP contribution in [0.1, 0.15) is 60.4 Å². The minimum atomic E-state index is -3.79. The number of aryl methyl sites for hydroxylation is 1. The predicted octanol–water partition coefficient (Wildman–Crippen LogP) is 4.22. The number of anilines is 1. The lowest BCUT2D eigenvalue weighted by molar-refractivity contribution is 0.0265. The minimum absolute atomic E-state index is 0.0360. The number of esters is 1. The summed E-state index contributed by atoms with van der Waals surface area (Å²) in [7, 11) is -3.79. The van der Waals surface area contributed by atoms with E-state index < -0.39 is 22.1 Å². The van der Waals surface area contributed by atoms with Crippen molar-refractivity contribution in [3.63, 3.8) is 0 Å². The molecule has 0 radical (unpaired) electrons. The largest absolute Gasteiger partial charge is 0.449 e. The van der Waals surface area contributed by atoms with Gasteiger partial charge in [-0.2, -0.15) is 4.98 Å². The molecule has 9 heteroatoms. The maximum Gasteiger partial charge on any atom is 0.338 e. The van der Waals surface area contributed by atoms with Gasteiger partial charge in [0.15, 0.2) is 11.9 Å². The lowest BCUT2D eigenvalue weighted by Gasteiger charge is -2.11. The molecule has 0 saturated heterocycles. The molecule has 2 aromatic carbocycles. The average molecular weight is 429 g/mol. The number of hydrogen-bond acceptors (Lipinski definition) is 7. The van der Waals surface area contributed by atoms with Gasteiger partial charge in [0.1, 0.15) is 0 Å². The first kappa shape index (κ1) is 21.5. The Labute approximate surface area is 175 Å². The van der Waals surface area contributed by atoms with Crippen molar-refractivity contribution in [1.82, 2.24) is 10.1 Å². The summed E-state index contributed by atoms with van der Waals surface area (Å²) in [6.45, 7) is 7.29. The number of sulfonamides is 1. The zero-order valence-electron chi connectivity index (χ0n) is 17.1. The van der Waals surface area contributed by atoms with Gasteiger partial charge < -0.3 is 9.26 Å². The summed E-state index contributed by atoms with van der Waals surface area (Å²) in [6.07, 6.45) is -0.733. The molecule has 8 nitrogen and oxygen atoms in total. The Morgan fingerprint density at radius 3 is 2.33 bits per heavy atom. The molecular formula is C21H23N3O5S. The van der Waals surface area contributed by atoms with E-state index >= 15 is 0 Å². The normalized spacial score (nSPS) is 12.6. The van der Waals surface area contributed by atoms with Crippen molar-refractivity contribution < 1.29 is 22.5 Å². The molecule has 158 valence electrons. The molecule has 1 unspecified atom stereocenters. The first-order chi connectivity index (χ1) is 14.2. The topological polar surface area (TPSA) is 111 Å². The molecule has 0 aliphatic rings. The molecule has 3 rings (SSSR count). The number of carbonyl (C=O) groups is 1. The number of carbonyl (C=O) groups excluding carboxylic acids is 1. The maximum atomic E-state index is 12.6. The molecule has 1 aromatic heterocycles. The van der Waals surface area contributed by atoms with Crippen molar-refractivity contribution in [2.75, 3.05) is 4.72 Å². The van der Waals surface area contributed by atoms with Crippen molar-refractivity contribution in [1.29, 1.82) is 0 Å². The summed E-state index contributed by atoms with van der Waals surface area (Å²) in [5, 5.41) is 3.84. The number of rotatable bonds is 7. The van der Waals surface area contributed by atoms with Gasteiger partial charge in [0.2, 0.25) is 0 Å². The second-order valence-corrected chi connectivity index (χ2v) is 8.82. The monoisotopic (exact) mass is 429 g/mol. The molecule has 0 spiro atoms. The van der Waals surface area contributed by atoms with Crippen LogP contribution in [0.5, 0.6) is 0 Å². The number of ether oxygens (including phenoxy) is 1. The van der Waals surface area contributed by atoms with E-state index in [4.69, 9.17) is 9.26 Å². The number of nitrogens with zero attached hydrogens (tertiary/aromatic N) is 2. The fraction of sp³-hybridized carbons (Fsp3) is 0.286. The number of aromatic nitrogens is 2. The fourth-order valence-corrected chi connectivity index (χ4v) is 3.72. The zero-order chi connectivity index (χ0) is 21.9. The third-order valence-corrected chi connectivity index (χ3v) is 5.78. The molecule has 1 heterocycles. The molecule has 0 bridgehead atoms. The van der Waals surface area contributed by atoms with Crippen LogP contribution in [0.15, 0.2) is 57.9 Å². The van der Waals surface area contributed by atoms with Crippen molar-refractivity contribution in [3.05, 3.63) is 71.4 Å². The van der Waals surface area contributed by atoms with Gasteiger partial charge in [-0.25, -0.2) is 13.2 Å². The van der Waals surface area contributed by atoms with Gasteiger partial charge in [-0.05, 0) is 49.7 Å². The highest BCUT2D eigenvalue weighted by molar-refractivity contribution is 7.92. The summed E-state index contributed by atoms with van der Waals surface area (Å²) in [6, 6.07) is 12.6. The van der Waals surface area contributed by atoms with E-state index in [0.717, 1.165) is 5.56 Å². The zero-order valence-corrected chi connectivity index (χ0v) is 17.9. The molecule has 0 fully saturated rings. The van der Waals surface area contributed by atoms with E-state index in [-0.39, 0.29) is 22.3 Å². The van der Waals surface area contributed by atoms with Crippen LogP contribution in [0, 0.1) is 6.92 Å². The standard InChI is InChI=1S/C21H23N3O5S/c1-13(2)19-22-20(29-23-19)15(4)28-21(25)16-9-11-17(12-10-16)30(26,27)24-18-8-6-5-7-14(18)3/h5-13,15,24H,1-4H3. The first-order valence-corrected chi connectivity index (χ1v) is 10.9. The Bertz CT molecular complexity index is 1140. The molecule has 1 atom stereocenters. The minimum Gasteiger partial charge on any atom is -0.449 e. The summed E-state index contributed by atoms with van der Waals surface area (Å²) in [5.74, 6) is 0.202.